The average Bonchev–Trinajstić information content (AvgIpc) is 2.45. The van der Waals surface area contributed by atoms with Crippen LogP contribution in [0, 0.1) is 5.92 Å². The van der Waals surface area contributed by atoms with E-state index < -0.39 is 30.9 Å². The Kier molecular flexibility index (Phi) is 3.99. The van der Waals surface area contributed by atoms with Crippen LogP contribution in [0.25, 0.3) is 0 Å². The van der Waals surface area contributed by atoms with Gasteiger partial charge in [-0.1, -0.05) is 6.32 Å². The normalized spacial score (nSPS) is 21.8. The highest BCUT2D eigenvalue weighted by Gasteiger charge is 2.34. The van der Waals surface area contributed by atoms with Crippen LogP contribution >= 0.6 is 0 Å². The number of ether oxygens (including phenoxy) is 1. The number of hydrogen-bond acceptors (Lipinski definition) is 2. The Bertz CT molecular complexity index is 288. The van der Waals surface area contributed by atoms with Gasteiger partial charge in [0.05, 0.1) is 0 Å². The van der Waals surface area contributed by atoms with Gasteiger partial charge in [-0.05, 0) is 33.1 Å². The summed E-state index contributed by atoms with van der Waals surface area (Å²) in [6.07, 6.45) is -0.880. The maximum absolute atomic E-state index is 12.2. The first kappa shape index (κ1) is 14.2. The van der Waals surface area contributed by atoms with Crippen molar-refractivity contribution in [3.8, 4) is 0 Å². The first-order valence-corrected chi connectivity index (χ1v) is 5.76. The minimum Gasteiger partial charge on any atom is -0.449 e. The Morgan fingerprint density at radius 3 is 2.47 bits per heavy atom. The SMILES string of the molecule is CC(C)(C)OC(=O)N1CCC(C[B-](F)(F)F)C1. The smallest absolute Gasteiger partial charge is 0.449 e. The Morgan fingerprint density at radius 2 is 2.00 bits per heavy atom. The molecule has 1 heterocycles. The fourth-order valence-electron chi connectivity index (χ4n) is 1.90. The highest BCUT2D eigenvalue weighted by Crippen LogP contribution is 2.29. The van der Waals surface area contributed by atoms with Crippen LogP contribution in [0.15, 0.2) is 0 Å². The molecule has 1 amide bonds. The number of likely N-dealkylation sites (tertiary alicyclic amines) is 1. The van der Waals surface area contributed by atoms with Gasteiger partial charge in [-0.2, -0.15) is 0 Å². The summed E-state index contributed by atoms with van der Waals surface area (Å²) in [5.74, 6) is -0.470. The van der Waals surface area contributed by atoms with Crippen molar-refractivity contribution in [1.29, 1.82) is 0 Å². The van der Waals surface area contributed by atoms with Gasteiger partial charge in [0.25, 0.3) is 0 Å². The predicted molar refractivity (Wildman–Crippen MR) is 59.8 cm³/mol. The van der Waals surface area contributed by atoms with E-state index in [0.29, 0.717) is 13.0 Å². The molecule has 0 radical (unpaired) electrons. The van der Waals surface area contributed by atoms with Crippen molar-refractivity contribution in [3.63, 3.8) is 0 Å². The van der Waals surface area contributed by atoms with Crippen molar-refractivity contribution < 1.29 is 22.5 Å². The van der Waals surface area contributed by atoms with Gasteiger partial charge < -0.3 is 22.6 Å². The summed E-state index contributed by atoms with van der Waals surface area (Å²) in [5, 5.41) is 0. The van der Waals surface area contributed by atoms with Crippen LogP contribution in [0.3, 0.4) is 0 Å². The molecule has 0 N–H and O–H groups in total. The molecule has 1 fully saturated rings. The van der Waals surface area contributed by atoms with Gasteiger partial charge in [-0.15, -0.1) is 0 Å². The highest BCUT2D eigenvalue weighted by atomic mass is 19.4. The number of carbonyl (C=O) groups excluding carboxylic acids is 1. The first-order valence-electron chi connectivity index (χ1n) is 5.76. The summed E-state index contributed by atoms with van der Waals surface area (Å²) < 4.78 is 41.8. The van der Waals surface area contributed by atoms with Gasteiger partial charge in [0.15, 0.2) is 0 Å². The summed E-state index contributed by atoms with van der Waals surface area (Å²) in [6, 6.07) is 0. The predicted octanol–water partition coefficient (Wildman–Crippen LogP) is 3.09. The van der Waals surface area contributed by atoms with Crippen molar-refractivity contribution in [2.75, 3.05) is 13.1 Å². The monoisotopic (exact) mass is 252 g/mol. The van der Waals surface area contributed by atoms with Crippen molar-refractivity contribution in [3.05, 3.63) is 0 Å². The second-order valence-electron chi connectivity index (χ2n) is 5.53. The van der Waals surface area contributed by atoms with Crippen LogP contribution < -0.4 is 0 Å². The van der Waals surface area contributed by atoms with Crippen molar-refractivity contribution in [2.45, 2.75) is 39.1 Å². The van der Waals surface area contributed by atoms with Crippen LogP contribution in [-0.4, -0.2) is 36.7 Å². The molecule has 0 saturated carbocycles. The minimum atomic E-state index is -4.77. The van der Waals surface area contributed by atoms with Crippen molar-refractivity contribution >= 4 is 13.1 Å². The van der Waals surface area contributed by atoms with Crippen LogP contribution in [0.5, 0.6) is 0 Å². The quantitative estimate of drug-likeness (QED) is 0.706. The third kappa shape index (κ3) is 5.32. The Labute approximate surface area is 99.4 Å². The number of nitrogens with zero attached hydrogens (tertiary/aromatic N) is 1. The zero-order valence-electron chi connectivity index (χ0n) is 10.4. The first-order chi connectivity index (χ1) is 7.57. The molecular weight excluding hydrogens is 234 g/mol. The van der Waals surface area contributed by atoms with Crippen molar-refractivity contribution in [1.82, 2.24) is 4.90 Å². The molecule has 100 valence electrons. The molecule has 3 nitrogen and oxygen atoms in total. The molecule has 17 heavy (non-hydrogen) atoms. The van der Waals surface area contributed by atoms with E-state index in [2.05, 4.69) is 0 Å². The fraction of sp³-hybridized carbons (Fsp3) is 0.900. The van der Waals surface area contributed by atoms with Gasteiger partial charge in [-0.3, -0.25) is 0 Å². The largest absolute Gasteiger partial charge is 0.478 e. The third-order valence-corrected chi connectivity index (χ3v) is 2.54. The molecule has 1 aliphatic rings. The molecule has 0 spiro atoms. The average molecular weight is 252 g/mol. The topological polar surface area (TPSA) is 29.5 Å². The molecule has 0 aromatic heterocycles. The maximum Gasteiger partial charge on any atom is 0.478 e. The number of halogens is 3. The van der Waals surface area contributed by atoms with Gasteiger partial charge in [-0.25, -0.2) is 4.79 Å². The standard InChI is InChI=1S/C10H18BF3NO2/c1-10(2,3)17-9(16)15-5-4-8(7-15)6-11(12,13)14/h8H,4-7H2,1-3H3/q-1. The lowest BCUT2D eigenvalue weighted by Crippen LogP contribution is -2.35. The maximum atomic E-state index is 12.2. The second-order valence-corrected chi connectivity index (χ2v) is 5.53. The molecule has 0 bridgehead atoms. The lowest BCUT2D eigenvalue weighted by Gasteiger charge is -2.25. The lowest BCUT2D eigenvalue weighted by atomic mass is 9.78. The van der Waals surface area contributed by atoms with Gasteiger partial charge in [0, 0.05) is 13.1 Å². The van der Waals surface area contributed by atoms with E-state index in [1.54, 1.807) is 20.8 Å². The molecular formula is C10H18BF3NO2-. The fourth-order valence-corrected chi connectivity index (χ4v) is 1.90. The molecule has 0 aromatic rings. The minimum absolute atomic E-state index is 0.149. The summed E-state index contributed by atoms with van der Waals surface area (Å²) in [4.78, 5) is 13.0. The van der Waals surface area contributed by atoms with E-state index in [0.717, 1.165) is 0 Å². The van der Waals surface area contributed by atoms with E-state index >= 15 is 0 Å². The van der Waals surface area contributed by atoms with Crippen LogP contribution in [0.4, 0.5) is 17.7 Å². The van der Waals surface area contributed by atoms with E-state index in [1.165, 1.54) is 4.90 Å². The Morgan fingerprint density at radius 1 is 1.41 bits per heavy atom. The van der Waals surface area contributed by atoms with Gasteiger partial charge >= 0.3 is 13.1 Å². The molecule has 0 aliphatic carbocycles. The van der Waals surface area contributed by atoms with E-state index in [9.17, 15) is 17.7 Å². The zero-order chi connectivity index (χ0) is 13.3. The molecule has 7 heteroatoms. The third-order valence-electron chi connectivity index (χ3n) is 2.54. The molecule has 0 aromatic carbocycles. The molecule has 1 saturated heterocycles. The number of amides is 1. The van der Waals surface area contributed by atoms with Crippen LogP contribution in [-0.2, 0) is 4.74 Å². The Hall–Kier alpha value is -0.875. The molecule has 1 aliphatic heterocycles. The van der Waals surface area contributed by atoms with E-state index in [1.807, 2.05) is 0 Å². The Balaban J connectivity index is 2.43. The summed E-state index contributed by atoms with van der Waals surface area (Å²) in [7, 11) is 0. The number of carbonyl (C=O) groups is 1. The number of rotatable bonds is 2. The zero-order valence-corrected chi connectivity index (χ0v) is 10.4. The van der Waals surface area contributed by atoms with Crippen molar-refractivity contribution in [2.24, 2.45) is 5.92 Å². The summed E-state index contributed by atoms with van der Waals surface area (Å²) in [5.41, 5.74) is -0.608. The molecule has 1 rings (SSSR count). The summed E-state index contributed by atoms with van der Waals surface area (Å²) in [6.45, 7) is 0.935. The van der Waals surface area contributed by atoms with Gasteiger partial charge in [0.2, 0.25) is 0 Å². The van der Waals surface area contributed by atoms with Crippen LogP contribution in [0.2, 0.25) is 6.32 Å². The van der Waals surface area contributed by atoms with E-state index in [4.69, 9.17) is 4.74 Å². The van der Waals surface area contributed by atoms with E-state index in [-0.39, 0.29) is 6.54 Å². The summed E-state index contributed by atoms with van der Waals surface area (Å²) >= 11 is 0. The van der Waals surface area contributed by atoms with Gasteiger partial charge in [0.1, 0.15) is 5.60 Å². The molecule has 1 unspecified atom stereocenters. The highest BCUT2D eigenvalue weighted by molar-refractivity contribution is 6.58. The molecule has 1 atom stereocenters. The number of hydrogen-bond donors (Lipinski definition) is 0. The van der Waals surface area contributed by atoms with Crippen LogP contribution in [0.1, 0.15) is 27.2 Å². The second kappa shape index (κ2) is 4.78. The lowest BCUT2D eigenvalue weighted by molar-refractivity contribution is 0.0288.